The summed E-state index contributed by atoms with van der Waals surface area (Å²) in [6.07, 6.45) is 3.85. The number of anilines is 1. The van der Waals surface area contributed by atoms with Crippen LogP contribution < -0.4 is 10.7 Å². The highest BCUT2D eigenvalue weighted by atomic mass is 16.6. The first kappa shape index (κ1) is 33.9. The standard InChI is InChI=1S/C32H43N3O7/c1-31(2,3)41-29(38)34-35(30(39)42-32(4,5)6)22-21-25-15-18-26(19-16-25)33-27(36)10-8-9-23-11-13-24(14-12-23)17-20-28(37)40-7/h11-20H,8-10,21-22H2,1-7H3,(H,33,36)(H,34,38). The summed E-state index contributed by atoms with van der Waals surface area (Å²) in [4.78, 5) is 48.6. The van der Waals surface area contributed by atoms with Crippen molar-refractivity contribution in [1.29, 1.82) is 0 Å². The summed E-state index contributed by atoms with van der Waals surface area (Å²) >= 11 is 0. The first-order valence-electron chi connectivity index (χ1n) is 13.9. The molecule has 2 N–H and O–H groups in total. The molecular weight excluding hydrogens is 538 g/mol. The molecule has 0 atom stereocenters. The Morgan fingerprint density at radius 2 is 1.38 bits per heavy atom. The van der Waals surface area contributed by atoms with E-state index in [0.717, 1.165) is 28.1 Å². The molecule has 0 unspecified atom stereocenters. The Hall–Kier alpha value is -4.34. The number of benzene rings is 2. The summed E-state index contributed by atoms with van der Waals surface area (Å²) in [6, 6.07) is 15.1. The monoisotopic (exact) mass is 581 g/mol. The summed E-state index contributed by atoms with van der Waals surface area (Å²) in [5.41, 5.74) is 4.57. The molecule has 10 nitrogen and oxygen atoms in total. The number of nitrogens with zero attached hydrogens (tertiary/aromatic N) is 1. The maximum Gasteiger partial charge on any atom is 0.429 e. The Morgan fingerprint density at radius 3 is 1.95 bits per heavy atom. The van der Waals surface area contributed by atoms with E-state index in [1.807, 2.05) is 36.4 Å². The van der Waals surface area contributed by atoms with Crippen LogP contribution in [0, 0.1) is 0 Å². The minimum atomic E-state index is -0.753. The number of carbonyl (C=O) groups is 4. The molecule has 0 aliphatic carbocycles. The molecule has 0 aliphatic rings. The van der Waals surface area contributed by atoms with Gasteiger partial charge in [-0.3, -0.25) is 4.79 Å². The van der Waals surface area contributed by atoms with E-state index in [-0.39, 0.29) is 12.5 Å². The van der Waals surface area contributed by atoms with Gasteiger partial charge in [0.25, 0.3) is 0 Å². The second-order valence-corrected chi connectivity index (χ2v) is 11.7. The Kier molecular flexibility index (Phi) is 12.6. The molecule has 0 saturated carbocycles. The number of ether oxygens (including phenoxy) is 3. The topological polar surface area (TPSA) is 123 Å². The van der Waals surface area contributed by atoms with Gasteiger partial charge in [0.2, 0.25) is 5.91 Å². The molecule has 0 fully saturated rings. The minimum absolute atomic E-state index is 0.0851. The molecule has 0 heterocycles. The van der Waals surface area contributed by atoms with Crippen molar-refractivity contribution < 1.29 is 33.4 Å². The van der Waals surface area contributed by atoms with Crippen molar-refractivity contribution >= 4 is 35.8 Å². The lowest BCUT2D eigenvalue weighted by molar-refractivity contribution is -0.134. The number of nitrogens with one attached hydrogen (secondary N) is 2. The van der Waals surface area contributed by atoms with Crippen LogP contribution in [0.2, 0.25) is 0 Å². The van der Waals surface area contributed by atoms with Crippen molar-refractivity contribution in [2.75, 3.05) is 19.0 Å². The zero-order valence-corrected chi connectivity index (χ0v) is 25.6. The van der Waals surface area contributed by atoms with Crippen molar-refractivity contribution in [2.24, 2.45) is 0 Å². The number of amides is 3. The fraction of sp³-hybridized carbons (Fsp3) is 0.438. The molecule has 0 bridgehead atoms. The molecule has 2 aromatic carbocycles. The highest BCUT2D eigenvalue weighted by molar-refractivity contribution is 5.90. The van der Waals surface area contributed by atoms with Crippen LogP contribution in [0.1, 0.15) is 71.1 Å². The van der Waals surface area contributed by atoms with Gasteiger partial charge in [-0.25, -0.2) is 24.8 Å². The number of hydrazine groups is 1. The first-order chi connectivity index (χ1) is 19.6. The van der Waals surface area contributed by atoms with Crippen molar-refractivity contribution in [3.05, 3.63) is 71.3 Å². The molecule has 0 aliphatic heterocycles. The molecule has 0 saturated heterocycles. The molecule has 228 valence electrons. The summed E-state index contributed by atoms with van der Waals surface area (Å²) in [7, 11) is 1.33. The van der Waals surface area contributed by atoms with E-state index in [0.29, 0.717) is 24.9 Å². The Bertz CT molecular complexity index is 1220. The smallest absolute Gasteiger partial charge is 0.429 e. The molecule has 3 amide bonds. The maximum atomic E-state index is 12.7. The first-order valence-corrected chi connectivity index (χ1v) is 13.9. The van der Waals surface area contributed by atoms with Crippen molar-refractivity contribution in [2.45, 2.75) is 78.4 Å². The zero-order chi connectivity index (χ0) is 31.3. The van der Waals surface area contributed by atoms with E-state index in [1.165, 1.54) is 13.2 Å². The summed E-state index contributed by atoms with van der Waals surface area (Å²) in [6.45, 7) is 10.6. The van der Waals surface area contributed by atoms with Gasteiger partial charge in [0, 0.05) is 18.2 Å². The van der Waals surface area contributed by atoms with E-state index >= 15 is 0 Å². The van der Waals surface area contributed by atoms with Crippen molar-refractivity contribution in [3.63, 3.8) is 0 Å². The average molecular weight is 582 g/mol. The average Bonchev–Trinajstić information content (AvgIpc) is 2.89. The van der Waals surface area contributed by atoms with Crippen LogP contribution in [0.25, 0.3) is 6.08 Å². The number of esters is 1. The third-order valence-corrected chi connectivity index (χ3v) is 5.56. The highest BCUT2D eigenvalue weighted by Gasteiger charge is 2.25. The largest absolute Gasteiger partial charge is 0.466 e. The molecule has 42 heavy (non-hydrogen) atoms. The summed E-state index contributed by atoms with van der Waals surface area (Å²) < 4.78 is 15.3. The number of hydrogen-bond donors (Lipinski definition) is 2. The van der Waals surface area contributed by atoms with Gasteiger partial charge in [0.15, 0.2) is 0 Å². The highest BCUT2D eigenvalue weighted by Crippen LogP contribution is 2.15. The van der Waals surface area contributed by atoms with E-state index in [2.05, 4.69) is 15.5 Å². The minimum Gasteiger partial charge on any atom is -0.466 e. The molecule has 2 aromatic rings. The number of hydrogen-bond acceptors (Lipinski definition) is 7. The molecule has 0 radical (unpaired) electrons. The Balaban J connectivity index is 1.85. The van der Waals surface area contributed by atoms with Crippen LogP contribution >= 0.6 is 0 Å². The molecule has 10 heteroatoms. The Morgan fingerprint density at radius 1 is 0.810 bits per heavy atom. The van der Waals surface area contributed by atoms with Gasteiger partial charge >= 0.3 is 18.2 Å². The van der Waals surface area contributed by atoms with Gasteiger partial charge in [-0.05, 0) is 95.7 Å². The van der Waals surface area contributed by atoms with Gasteiger partial charge < -0.3 is 19.5 Å². The lowest BCUT2D eigenvalue weighted by Gasteiger charge is -2.28. The molecule has 0 spiro atoms. The van der Waals surface area contributed by atoms with Crippen LogP contribution in [0.3, 0.4) is 0 Å². The quantitative estimate of drug-likeness (QED) is 0.151. The van der Waals surface area contributed by atoms with E-state index in [1.54, 1.807) is 59.8 Å². The van der Waals surface area contributed by atoms with E-state index < -0.39 is 29.4 Å². The van der Waals surface area contributed by atoms with E-state index in [4.69, 9.17) is 9.47 Å². The normalized spacial score (nSPS) is 11.5. The number of carbonyl (C=O) groups excluding carboxylic acids is 4. The lowest BCUT2D eigenvalue weighted by Crippen LogP contribution is -2.50. The summed E-state index contributed by atoms with van der Waals surface area (Å²) in [5.74, 6) is -0.491. The van der Waals surface area contributed by atoms with Crippen LogP contribution in [0.5, 0.6) is 0 Å². The fourth-order valence-electron chi connectivity index (χ4n) is 3.62. The predicted molar refractivity (Wildman–Crippen MR) is 162 cm³/mol. The van der Waals surface area contributed by atoms with Crippen LogP contribution in [0.15, 0.2) is 54.6 Å². The predicted octanol–water partition coefficient (Wildman–Crippen LogP) is 6.05. The molecule has 2 rings (SSSR count). The number of aryl methyl sites for hydroxylation is 1. The third kappa shape index (κ3) is 13.8. The molecular formula is C32H43N3O7. The zero-order valence-electron chi connectivity index (χ0n) is 25.6. The van der Waals surface area contributed by atoms with Gasteiger partial charge in [-0.1, -0.05) is 36.4 Å². The van der Waals surface area contributed by atoms with Gasteiger partial charge in [-0.2, -0.15) is 0 Å². The second-order valence-electron chi connectivity index (χ2n) is 11.7. The second kappa shape index (κ2) is 15.6. The SMILES string of the molecule is COC(=O)C=Cc1ccc(CCCC(=O)Nc2ccc(CCN(NC(=O)OC(C)(C)C)C(=O)OC(C)(C)C)cc2)cc1. The van der Waals surface area contributed by atoms with Crippen LogP contribution in [-0.2, 0) is 36.6 Å². The molecule has 0 aromatic heterocycles. The van der Waals surface area contributed by atoms with Gasteiger partial charge in [0.1, 0.15) is 11.2 Å². The number of rotatable bonds is 10. The summed E-state index contributed by atoms with van der Waals surface area (Å²) in [5, 5.41) is 4.00. The Labute approximate surface area is 248 Å². The lowest BCUT2D eigenvalue weighted by atomic mass is 10.1. The van der Waals surface area contributed by atoms with Crippen molar-refractivity contribution in [1.82, 2.24) is 10.4 Å². The maximum absolute atomic E-state index is 12.7. The number of methoxy groups -OCH3 is 1. The van der Waals surface area contributed by atoms with Gasteiger partial charge in [0.05, 0.1) is 13.7 Å². The fourth-order valence-corrected chi connectivity index (χ4v) is 3.62. The van der Waals surface area contributed by atoms with Crippen LogP contribution in [-0.4, -0.2) is 53.9 Å². The van der Waals surface area contributed by atoms with Gasteiger partial charge in [-0.15, -0.1) is 0 Å². The third-order valence-electron chi connectivity index (χ3n) is 5.56. The van der Waals surface area contributed by atoms with Crippen LogP contribution in [0.4, 0.5) is 15.3 Å². The van der Waals surface area contributed by atoms with E-state index in [9.17, 15) is 19.2 Å². The van der Waals surface area contributed by atoms with Crippen molar-refractivity contribution in [3.8, 4) is 0 Å².